The van der Waals surface area contributed by atoms with Crippen molar-refractivity contribution in [3.8, 4) is 17.2 Å². The van der Waals surface area contributed by atoms with E-state index in [-0.39, 0.29) is 17.5 Å². The molecule has 3 nitrogen and oxygen atoms in total. The van der Waals surface area contributed by atoms with E-state index >= 15 is 0 Å². The van der Waals surface area contributed by atoms with Crippen molar-refractivity contribution in [2.75, 3.05) is 0 Å². The van der Waals surface area contributed by atoms with Crippen LogP contribution in [-0.2, 0) is 5.88 Å². The van der Waals surface area contributed by atoms with Gasteiger partial charge in [-0.2, -0.15) is 8.78 Å². The lowest BCUT2D eigenvalue weighted by molar-refractivity contribution is -0.0495. The van der Waals surface area contributed by atoms with Gasteiger partial charge in [0.05, 0.1) is 17.1 Å². The number of ether oxygens (including phenoxy) is 1. The van der Waals surface area contributed by atoms with E-state index in [4.69, 9.17) is 16.0 Å². The molecule has 0 saturated heterocycles. The van der Waals surface area contributed by atoms with Crippen LogP contribution in [0, 0.1) is 0 Å². The Labute approximate surface area is 101 Å². The Morgan fingerprint density at radius 1 is 1.35 bits per heavy atom. The number of oxazole rings is 1. The summed E-state index contributed by atoms with van der Waals surface area (Å²) in [4.78, 5) is 4.04. The van der Waals surface area contributed by atoms with Crippen LogP contribution in [0.25, 0.3) is 11.5 Å². The number of nitrogens with zero attached hydrogens (tertiary/aromatic N) is 1. The molecule has 6 heteroatoms. The zero-order chi connectivity index (χ0) is 12.3. The number of alkyl halides is 3. The molecular weight excluding hydrogens is 252 g/mol. The molecule has 0 aliphatic carbocycles. The van der Waals surface area contributed by atoms with Gasteiger partial charge in [-0.25, -0.2) is 4.98 Å². The van der Waals surface area contributed by atoms with Crippen molar-refractivity contribution in [1.29, 1.82) is 0 Å². The fourth-order valence-corrected chi connectivity index (χ4v) is 1.46. The van der Waals surface area contributed by atoms with Gasteiger partial charge in [0.25, 0.3) is 0 Å². The Morgan fingerprint density at radius 2 is 2.12 bits per heavy atom. The summed E-state index contributed by atoms with van der Waals surface area (Å²) in [5.41, 5.74) is 0.901. The molecule has 0 aliphatic rings. The Hall–Kier alpha value is -1.62. The molecule has 0 bridgehead atoms. The highest BCUT2D eigenvalue weighted by molar-refractivity contribution is 6.16. The molecule has 1 heterocycles. The summed E-state index contributed by atoms with van der Waals surface area (Å²) in [6.45, 7) is -2.89. The molecule has 90 valence electrons. The SMILES string of the molecule is FC(F)Oc1ccccc1-c1nc(CCl)co1. The first-order chi connectivity index (χ1) is 8.20. The number of halogens is 3. The van der Waals surface area contributed by atoms with Gasteiger partial charge in [-0.3, -0.25) is 0 Å². The molecule has 1 aromatic heterocycles. The molecule has 2 rings (SSSR count). The highest BCUT2D eigenvalue weighted by Gasteiger charge is 2.14. The number of benzene rings is 1. The lowest BCUT2D eigenvalue weighted by atomic mass is 10.2. The fraction of sp³-hybridized carbons (Fsp3) is 0.182. The molecule has 0 N–H and O–H groups in total. The van der Waals surface area contributed by atoms with Crippen molar-refractivity contribution in [2.24, 2.45) is 0 Å². The Balaban J connectivity index is 2.36. The minimum absolute atomic E-state index is 0.0190. The van der Waals surface area contributed by atoms with Crippen LogP contribution in [0.15, 0.2) is 34.9 Å². The summed E-state index contributed by atoms with van der Waals surface area (Å²) in [6, 6.07) is 6.28. The molecule has 0 unspecified atom stereocenters. The van der Waals surface area contributed by atoms with E-state index in [1.165, 1.54) is 12.3 Å². The van der Waals surface area contributed by atoms with Crippen LogP contribution >= 0.6 is 11.6 Å². The van der Waals surface area contributed by atoms with Gasteiger partial charge in [0, 0.05) is 0 Å². The van der Waals surface area contributed by atoms with E-state index < -0.39 is 6.61 Å². The summed E-state index contributed by atoms with van der Waals surface area (Å²) >= 11 is 5.58. The summed E-state index contributed by atoms with van der Waals surface area (Å²) in [6.07, 6.45) is 1.38. The lowest BCUT2D eigenvalue weighted by Gasteiger charge is -2.07. The number of hydrogen-bond acceptors (Lipinski definition) is 3. The van der Waals surface area contributed by atoms with Crippen molar-refractivity contribution in [3.63, 3.8) is 0 Å². The van der Waals surface area contributed by atoms with Crippen molar-refractivity contribution in [2.45, 2.75) is 12.5 Å². The molecule has 0 saturated carbocycles. The first-order valence-electron chi connectivity index (χ1n) is 4.75. The van der Waals surface area contributed by atoms with Gasteiger partial charge in [-0.05, 0) is 12.1 Å². The largest absolute Gasteiger partial charge is 0.444 e. The minimum atomic E-state index is -2.89. The van der Waals surface area contributed by atoms with Crippen LogP contribution in [0.1, 0.15) is 5.69 Å². The van der Waals surface area contributed by atoms with Crippen LogP contribution in [0.3, 0.4) is 0 Å². The van der Waals surface area contributed by atoms with Gasteiger partial charge in [0.15, 0.2) is 0 Å². The maximum atomic E-state index is 12.2. The first-order valence-corrected chi connectivity index (χ1v) is 5.28. The van der Waals surface area contributed by atoms with E-state index in [1.54, 1.807) is 18.2 Å². The second-order valence-corrected chi connectivity index (χ2v) is 3.42. The summed E-state index contributed by atoms with van der Waals surface area (Å²) in [7, 11) is 0. The second-order valence-electron chi connectivity index (χ2n) is 3.15. The maximum absolute atomic E-state index is 12.2. The normalized spacial score (nSPS) is 10.8. The zero-order valence-electron chi connectivity index (χ0n) is 8.57. The molecule has 0 radical (unpaired) electrons. The Kier molecular flexibility index (Phi) is 3.58. The van der Waals surface area contributed by atoms with Gasteiger partial charge in [0.2, 0.25) is 5.89 Å². The Bertz CT molecular complexity index is 502. The fourth-order valence-electron chi connectivity index (χ4n) is 1.33. The third kappa shape index (κ3) is 2.74. The molecule has 0 amide bonds. The van der Waals surface area contributed by atoms with Crippen molar-refractivity contribution < 1.29 is 17.9 Å². The van der Waals surface area contributed by atoms with Crippen LogP contribution < -0.4 is 4.74 Å². The summed E-state index contributed by atoms with van der Waals surface area (Å²) in [5, 5.41) is 0. The average molecular weight is 260 g/mol. The molecule has 0 spiro atoms. The van der Waals surface area contributed by atoms with E-state index in [0.717, 1.165) is 0 Å². The van der Waals surface area contributed by atoms with E-state index in [9.17, 15) is 8.78 Å². The van der Waals surface area contributed by atoms with Crippen LogP contribution in [0.5, 0.6) is 5.75 Å². The summed E-state index contributed by atoms with van der Waals surface area (Å²) in [5.74, 6) is 0.420. The van der Waals surface area contributed by atoms with Gasteiger partial charge in [-0.15, -0.1) is 11.6 Å². The van der Waals surface area contributed by atoms with Crippen molar-refractivity contribution in [1.82, 2.24) is 4.98 Å². The number of aromatic nitrogens is 1. The molecule has 0 atom stereocenters. The number of rotatable bonds is 4. The summed E-state index contributed by atoms with van der Waals surface area (Å²) < 4.78 is 33.9. The monoisotopic (exact) mass is 259 g/mol. The molecule has 2 aromatic rings. The van der Waals surface area contributed by atoms with Crippen LogP contribution in [-0.4, -0.2) is 11.6 Å². The quantitative estimate of drug-likeness (QED) is 0.786. The lowest BCUT2D eigenvalue weighted by Crippen LogP contribution is -2.03. The third-order valence-electron chi connectivity index (χ3n) is 2.02. The highest BCUT2D eigenvalue weighted by atomic mass is 35.5. The molecule has 0 fully saturated rings. The van der Waals surface area contributed by atoms with E-state index in [0.29, 0.717) is 11.3 Å². The first kappa shape index (κ1) is 11.9. The topological polar surface area (TPSA) is 35.3 Å². The number of hydrogen-bond donors (Lipinski definition) is 0. The smallest absolute Gasteiger partial charge is 0.387 e. The predicted molar refractivity (Wildman–Crippen MR) is 58.1 cm³/mol. The zero-order valence-corrected chi connectivity index (χ0v) is 9.32. The average Bonchev–Trinajstić information content (AvgIpc) is 2.77. The van der Waals surface area contributed by atoms with Crippen LogP contribution in [0.4, 0.5) is 8.78 Å². The van der Waals surface area contributed by atoms with Gasteiger partial charge >= 0.3 is 6.61 Å². The minimum Gasteiger partial charge on any atom is -0.444 e. The standard InChI is InChI=1S/C11H8ClF2NO2/c12-5-7-6-16-10(15-7)8-3-1-2-4-9(8)17-11(13)14/h1-4,6,11H,5H2. The predicted octanol–water partition coefficient (Wildman–Crippen LogP) is 3.68. The molecule has 0 aliphatic heterocycles. The number of para-hydroxylation sites is 1. The van der Waals surface area contributed by atoms with E-state index in [1.807, 2.05) is 0 Å². The molecular formula is C11H8ClF2NO2. The third-order valence-corrected chi connectivity index (χ3v) is 2.30. The van der Waals surface area contributed by atoms with Crippen molar-refractivity contribution in [3.05, 3.63) is 36.2 Å². The van der Waals surface area contributed by atoms with E-state index in [2.05, 4.69) is 9.72 Å². The molecule has 1 aromatic carbocycles. The molecule has 17 heavy (non-hydrogen) atoms. The van der Waals surface area contributed by atoms with Gasteiger partial charge in [0.1, 0.15) is 12.0 Å². The highest BCUT2D eigenvalue weighted by Crippen LogP contribution is 2.30. The van der Waals surface area contributed by atoms with Gasteiger partial charge < -0.3 is 9.15 Å². The maximum Gasteiger partial charge on any atom is 0.387 e. The van der Waals surface area contributed by atoms with Crippen molar-refractivity contribution >= 4 is 11.6 Å². The Morgan fingerprint density at radius 3 is 2.76 bits per heavy atom. The van der Waals surface area contributed by atoms with Crippen LogP contribution in [0.2, 0.25) is 0 Å². The second kappa shape index (κ2) is 5.14. The van der Waals surface area contributed by atoms with Gasteiger partial charge in [-0.1, -0.05) is 12.1 Å².